The van der Waals surface area contributed by atoms with Gasteiger partial charge in [0.05, 0.1) is 19.2 Å². The number of anilines is 1. The molecule has 8 heteroatoms. The minimum Gasteiger partial charge on any atom is -0.493 e. The number of nitrogens with one attached hydrogen (secondary N) is 1. The lowest BCUT2D eigenvalue weighted by molar-refractivity contribution is -0.117. The van der Waals surface area contributed by atoms with Crippen LogP contribution in [0.2, 0.25) is 0 Å². The highest BCUT2D eigenvalue weighted by Crippen LogP contribution is 2.25. The quantitative estimate of drug-likeness (QED) is 0.541. The van der Waals surface area contributed by atoms with Gasteiger partial charge in [-0.1, -0.05) is 12.1 Å². The standard InChI is InChI=1S/C19H27N5O3/c1-24(12-13-27-17-7-4-3-6-16(17)26-2)11-5-9-21-19-22-10-8-15(23-19)14-18(20)25/h3-4,6-8,10H,5,9,11-14H2,1-2H3,(H2,20,25)(H,21,22,23). The van der Waals surface area contributed by atoms with Crippen molar-refractivity contribution in [3.05, 3.63) is 42.2 Å². The first-order valence-electron chi connectivity index (χ1n) is 8.87. The van der Waals surface area contributed by atoms with E-state index in [1.807, 2.05) is 24.3 Å². The average molecular weight is 373 g/mol. The Morgan fingerprint density at radius 3 is 2.74 bits per heavy atom. The van der Waals surface area contributed by atoms with Crippen LogP contribution in [-0.2, 0) is 11.2 Å². The van der Waals surface area contributed by atoms with Gasteiger partial charge in [0, 0.05) is 19.3 Å². The van der Waals surface area contributed by atoms with E-state index in [0.29, 0.717) is 18.2 Å². The van der Waals surface area contributed by atoms with Crippen molar-refractivity contribution in [2.45, 2.75) is 12.8 Å². The summed E-state index contributed by atoms with van der Waals surface area (Å²) in [4.78, 5) is 21.5. The van der Waals surface area contributed by atoms with Gasteiger partial charge in [0.1, 0.15) is 6.61 Å². The number of primary amides is 1. The van der Waals surface area contributed by atoms with E-state index in [9.17, 15) is 4.79 Å². The number of carbonyl (C=O) groups is 1. The van der Waals surface area contributed by atoms with Crippen LogP contribution in [0.4, 0.5) is 5.95 Å². The van der Waals surface area contributed by atoms with Crippen LogP contribution in [0.25, 0.3) is 0 Å². The van der Waals surface area contributed by atoms with Gasteiger partial charge in [-0.05, 0) is 38.2 Å². The number of nitrogens with zero attached hydrogens (tertiary/aromatic N) is 3. The first kappa shape index (κ1) is 20.4. The number of aromatic nitrogens is 2. The molecule has 2 rings (SSSR count). The number of likely N-dealkylation sites (N-methyl/N-ethyl adjacent to an activating group) is 1. The molecule has 146 valence electrons. The molecule has 0 saturated carbocycles. The molecule has 0 radical (unpaired) electrons. The maximum Gasteiger partial charge on any atom is 0.223 e. The van der Waals surface area contributed by atoms with E-state index in [0.717, 1.165) is 37.6 Å². The molecular formula is C19H27N5O3. The third kappa shape index (κ3) is 7.49. The smallest absolute Gasteiger partial charge is 0.223 e. The Labute approximate surface area is 159 Å². The number of nitrogens with two attached hydrogens (primary N) is 1. The van der Waals surface area contributed by atoms with Crippen molar-refractivity contribution in [1.82, 2.24) is 14.9 Å². The number of para-hydroxylation sites is 2. The van der Waals surface area contributed by atoms with Crippen LogP contribution in [0.5, 0.6) is 11.5 Å². The van der Waals surface area contributed by atoms with E-state index in [1.54, 1.807) is 19.4 Å². The molecule has 27 heavy (non-hydrogen) atoms. The fraction of sp³-hybridized carbons (Fsp3) is 0.421. The number of benzene rings is 1. The zero-order valence-electron chi connectivity index (χ0n) is 15.9. The van der Waals surface area contributed by atoms with Crippen LogP contribution in [0.15, 0.2) is 36.5 Å². The molecule has 0 unspecified atom stereocenters. The SMILES string of the molecule is COc1ccccc1OCCN(C)CCCNc1nccc(CC(N)=O)n1. The van der Waals surface area contributed by atoms with Crippen LogP contribution in [0, 0.1) is 0 Å². The second-order valence-electron chi connectivity index (χ2n) is 6.10. The van der Waals surface area contributed by atoms with Gasteiger partial charge < -0.3 is 25.4 Å². The molecule has 0 aliphatic heterocycles. The summed E-state index contributed by atoms with van der Waals surface area (Å²) in [6, 6.07) is 9.30. The number of ether oxygens (including phenoxy) is 2. The van der Waals surface area contributed by atoms with Crippen LogP contribution in [-0.4, -0.2) is 61.2 Å². The van der Waals surface area contributed by atoms with E-state index in [-0.39, 0.29) is 6.42 Å². The van der Waals surface area contributed by atoms with E-state index < -0.39 is 5.91 Å². The summed E-state index contributed by atoms with van der Waals surface area (Å²) in [5.74, 6) is 1.60. The zero-order chi connectivity index (χ0) is 19.5. The Morgan fingerprint density at radius 2 is 2.00 bits per heavy atom. The molecule has 0 atom stereocenters. The van der Waals surface area contributed by atoms with Crippen LogP contribution in [0.1, 0.15) is 12.1 Å². The lowest BCUT2D eigenvalue weighted by Gasteiger charge is -2.17. The average Bonchev–Trinajstić information content (AvgIpc) is 2.65. The predicted octanol–water partition coefficient (Wildman–Crippen LogP) is 1.33. The summed E-state index contributed by atoms with van der Waals surface area (Å²) in [7, 11) is 3.68. The Morgan fingerprint density at radius 1 is 1.22 bits per heavy atom. The predicted molar refractivity (Wildman–Crippen MR) is 104 cm³/mol. The molecule has 2 aromatic rings. The largest absolute Gasteiger partial charge is 0.493 e. The molecule has 0 saturated heterocycles. The lowest BCUT2D eigenvalue weighted by Crippen LogP contribution is -2.26. The van der Waals surface area contributed by atoms with Crippen LogP contribution in [0.3, 0.4) is 0 Å². The molecule has 1 heterocycles. The lowest BCUT2D eigenvalue weighted by atomic mass is 10.3. The van der Waals surface area contributed by atoms with Gasteiger partial charge >= 0.3 is 0 Å². The highest BCUT2D eigenvalue weighted by atomic mass is 16.5. The summed E-state index contributed by atoms with van der Waals surface area (Å²) >= 11 is 0. The fourth-order valence-corrected chi connectivity index (χ4v) is 2.47. The van der Waals surface area contributed by atoms with Crippen molar-refractivity contribution in [3.63, 3.8) is 0 Å². The number of hydrogen-bond acceptors (Lipinski definition) is 7. The zero-order valence-corrected chi connectivity index (χ0v) is 15.9. The number of hydrogen-bond donors (Lipinski definition) is 2. The Balaban J connectivity index is 1.63. The van der Waals surface area contributed by atoms with Gasteiger partial charge in [0.25, 0.3) is 0 Å². The van der Waals surface area contributed by atoms with Gasteiger partial charge in [-0.25, -0.2) is 9.97 Å². The van der Waals surface area contributed by atoms with Crippen molar-refractivity contribution in [2.24, 2.45) is 5.73 Å². The van der Waals surface area contributed by atoms with Gasteiger partial charge in [0.15, 0.2) is 11.5 Å². The van der Waals surface area contributed by atoms with E-state index in [2.05, 4.69) is 27.2 Å². The van der Waals surface area contributed by atoms with Crippen LogP contribution < -0.4 is 20.5 Å². The van der Waals surface area contributed by atoms with Crippen molar-refractivity contribution in [1.29, 1.82) is 0 Å². The molecule has 0 fully saturated rings. The third-order valence-electron chi connectivity index (χ3n) is 3.87. The van der Waals surface area contributed by atoms with Crippen molar-refractivity contribution in [2.75, 3.05) is 45.7 Å². The maximum absolute atomic E-state index is 10.9. The summed E-state index contributed by atoms with van der Waals surface area (Å²) in [5.41, 5.74) is 5.80. The van der Waals surface area contributed by atoms with Gasteiger partial charge in [-0.15, -0.1) is 0 Å². The fourth-order valence-electron chi connectivity index (χ4n) is 2.47. The molecule has 0 aliphatic rings. The third-order valence-corrected chi connectivity index (χ3v) is 3.87. The number of methoxy groups -OCH3 is 1. The monoisotopic (exact) mass is 373 g/mol. The molecule has 0 aliphatic carbocycles. The number of rotatable bonds is 12. The highest BCUT2D eigenvalue weighted by Gasteiger charge is 2.05. The first-order chi connectivity index (χ1) is 13.1. The number of carbonyl (C=O) groups excluding carboxylic acids is 1. The molecule has 8 nitrogen and oxygen atoms in total. The minimum absolute atomic E-state index is 0.117. The van der Waals surface area contributed by atoms with Gasteiger partial charge in [-0.2, -0.15) is 0 Å². The Kier molecular flexibility index (Phi) is 8.31. The Bertz CT molecular complexity index is 726. The van der Waals surface area contributed by atoms with Crippen LogP contribution >= 0.6 is 0 Å². The summed E-state index contributed by atoms with van der Waals surface area (Å²) in [6.07, 6.45) is 2.66. The summed E-state index contributed by atoms with van der Waals surface area (Å²) in [6.45, 7) is 3.03. The van der Waals surface area contributed by atoms with Crippen molar-refractivity contribution >= 4 is 11.9 Å². The Hall–Kier alpha value is -2.87. The molecule has 3 N–H and O–H groups in total. The number of amides is 1. The second-order valence-corrected chi connectivity index (χ2v) is 6.10. The van der Waals surface area contributed by atoms with Crippen molar-refractivity contribution < 1.29 is 14.3 Å². The summed E-state index contributed by atoms with van der Waals surface area (Å²) < 4.78 is 11.0. The molecular weight excluding hydrogens is 346 g/mol. The van der Waals surface area contributed by atoms with Crippen molar-refractivity contribution in [3.8, 4) is 11.5 Å². The highest BCUT2D eigenvalue weighted by molar-refractivity contribution is 5.76. The summed E-state index contributed by atoms with van der Waals surface area (Å²) in [5, 5.41) is 3.16. The first-order valence-corrected chi connectivity index (χ1v) is 8.87. The normalized spacial score (nSPS) is 10.6. The second kappa shape index (κ2) is 11.0. The molecule has 0 spiro atoms. The topological polar surface area (TPSA) is 103 Å². The maximum atomic E-state index is 10.9. The molecule has 1 amide bonds. The molecule has 1 aromatic heterocycles. The van der Waals surface area contributed by atoms with E-state index in [1.165, 1.54) is 0 Å². The molecule has 1 aromatic carbocycles. The minimum atomic E-state index is -0.406. The van der Waals surface area contributed by atoms with Gasteiger partial charge in [0.2, 0.25) is 11.9 Å². The van der Waals surface area contributed by atoms with E-state index in [4.69, 9.17) is 15.2 Å². The van der Waals surface area contributed by atoms with E-state index >= 15 is 0 Å². The van der Waals surface area contributed by atoms with Gasteiger partial charge in [-0.3, -0.25) is 4.79 Å². The molecule has 0 bridgehead atoms.